The van der Waals surface area contributed by atoms with Gasteiger partial charge in [0.1, 0.15) is 5.82 Å². The molecule has 0 saturated heterocycles. The van der Waals surface area contributed by atoms with E-state index in [2.05, 4.69) is 34.7 Å². The average molecular weight is 344 g/mol. The van der Waals surface area contributed by atoms with Crippen molar-refractivity contribution in [1.82, 2.24) is 10.2 Å². The molecule has 2 rings (SSSR count). The van der Waals surface area contributed by atoms with Crippen LogP contribution in [0.4, 0.5) is 11.6 Å². The summed E-state index contributed by atoms with van der Waals surface area (Å²) < 4.78 is 10.6. The summed E-state index contributed by atoms with van der Waals surface area (Å²) in [6.07, 6.45) is 1.06. The SMILES string of the molecule is COc1ccccc1OCC(=O)Nc1ccc(NCCC(C)C)nn1. The van der Waals surface area contributed by atoms with Gasteiger partial charge in [0.25, 0.3) is 5.91 Å². The van der Waals surface area contributed by atoms with Crippen LogP contribution in [0.3, 0.4) is 0 Å². The van der Waals surface area contributed by atoms with E-state index in [9.17, 15) is 4.79 Å². The summed E-state index contributed by atoms with van der Waals surface area (Å²) in [4.78, 5) is 12.0. The normalized spacial score (nSPS) is 10.4. The first-order valence-electron chi connectivity index (χ1n) is 8.21. The minimum Gasteiger partial charge on any atom is -0.493 e. The van der Waals surface area contributed by atoms with E-state index in [-0.39, 0.29) is 12.5 Å². The summed E-state index contributed by atoms with van der Waals surface area (Å²) in [5.41, 5.74) is 0. The van der Waals surface area contributed by atoms with Gasteiger partial charge in [-0.3, -0.25) is 4.79 Å². The van der Waals surface area contributed by atoms with Crippen LogP contribution in [0, 0.1) is 5.92 Å². The molecule has 1 heterocycles. The number of hydrogen-bond acceptors (Lipinski definition) is 6. The number of carbonyl (C=O) groups is 1. The summed E-state index contributed by atoms with van der Waals surface area (Å²) in [7, 11) is 1.55. The fourth-order valence-corrected chi connectivity index (χ4v) is 2.04. The Hall–Kier alpha value is -2.83. The molecular formula is C18H24N4O3. The van der Waals surface area contributed by atoms with Crippen LogP contribution in [0.5, 0.6) is 11.5 Å². The lowest BCUT2D eigenvalue weighted by Crippen LogP contribution is -2.21. The smallest absolute Gasteiger partial charge is 0.263 e. The number of para-hydroxylation sites is 2. The highest BCUT2D eigenvalue weighted by atomic mass is 16.5. The Morgan fingerprint density at radius 2 is 1.76 bits per heavy atom. The first-order chi connectivity index (χ1) is 12.1. The number of anilines is 2. The van der Waals surface area contributed by atoms with Crippen LogP contribution in [-0.2, 0) is 4.79 Å². The number of nitrogens with one attached hydrogen (secondary N) is 2. The van der Waals surface area contributed by atoms with Crippen molar-refractivity contribution in [2.75, 3.05) is 30.9 Å². The summed E-state index contributed by atoms with van der Waals surface area (Å²) >= 11 is 0. The second-order valence-corrected chi connectivity index (χ2v) is 5.90. The van der Waals surface area contributed by atoms with Crippen molar-refractivity contribution in [3.63, 3.8) is 0 Å². The van der Waals surface area contributed by atoms with Crippen LogP contribution in [0.25, 0.3) is 0 Å². The zero-order chi connectivity index (χ0) is 18.1. The van der Waals surface area contributed by atoms with Gasteiger partial charge in [-0.15, -0.1) is 10.2 Å². The zero-order valence-electron chi connectivity index (χ0n) is 14.8. The van der Waals surface area contributed by atoms with Gasteiger partial charge in [0.05, 0.1) is 7.11 Å². The molecule has 1 amide bonds. The molecule has 0 atom stereocenters. The predicted molar refractivity (Wildman–Crippen MR) is 97.1 cm³/mol. The molecule has 25 heavy (non-hydrogen) atoms. The Bertz CT molecular complexity index is 674. The summed E-state index contributed by atoms with van der Waals surface area (Å²) in [5.74, 6) is 2.46. The Morgan fingerprint density at radius 1 is 1.08 bits per heavy atom. The number of amides is 1. The van der Waals surface area contributed by atoms with E-state index in [1.165, 1.54) is 0 Å². The standard InChI is InChI=1S/C18H24N4O3/c1-13(2)10-11-19-16-8-9-17(22-21-16)20-18(23)12-25-15-7-5-4-6-14(15)24-3/h4-9,13H,10-12H2,1-3H3,(H,19,21)(H,20,22,23). The molecule has 0 spiro atoms. The molecule has 0 unspecified atom stereocenters. The quantitative estimate of drug-likeness (QED) is 0.727. The van der Waals surface area contributed by atoms with E-state index in [4.69, 9.17) is 9.47 Å². The maximum Gasteiger partial charge on any atom is 0.263 e. The number of rotatable bonds is 9. The van der Waals surface area contributed by atoms with Crippen LogP contribution in [-0.4, -0.2) is 36.4 Å². The zero-order valence-corrected chi connectivity index (χ0v) is 14.8. The summed E-state index contributed by atoms with van der Waals surface area (Å²) in [6, 6.07) is 10.6. The lowest BCUT2D eigenvalue weighted by Gasteiger charge is -2.10. The summed E-state index contributed by atoms with van der Waals surface area (Å²) in [5, 5.41) is 13.9. The molecule has 0 aliphatic rings. The number of aromatic nitrogens is 2. The first-order valence-corrected chi connectivity index (χ1v) is 8.21. The molecule has 0 bridgehead atoms. The van der Waals surface area contributed by atoms with Gasteiger partial charge in [-0.2, -0.15) is 0 Å². The van der Waals surface area contributed by atoms with Crippen molar-refractivity contribution < 1.29 is 14.3 Å². The average Bonchev–Trinajstić information content (AvgIpc) is 2.61. The molecule has 2 N–H and O–H groups in total. The van der Waals surface area contributed by atoms with Gasteiger partial charge >= 0.3 is 0 Å². The number of methoxy groups -OCH3 is 1. The van der Waals surface area contributed by atoms with Crippen LogP contribution in [0.1, 0.15) is 20.3 Å². The molecule has 2 aromatic rings. The minimum absolute atomic E-state index is 0.142. The van der Waals surface area contributed by atoms with E-state index in [1.807, 2.05) is 12.1 Å². The maximum atomic E-state index is 12.0. The van der Waals surface area contributed by atoms with Gasteiger partial charge in [0.15, 0.2) is 23.9 Å². The van der Waals surface area contributed by atoms with E-state index < -0.39 is 0 Å². The van der Waals surface area contributed by atoms with Gasteiger partial charge < -0.3 is 20.1 Å². The van der Waals surface area contributed by atoms with Gasteiger partial charge in [-0.1, -0.05) is 26.0 Å². The van der Waals surface area contributed by atoms with E-state index >= 15 is 0 Å². The summed E-state index contributed by atoms with van der Waals surface area (Å²) in [6.45, 7) is 5.03. The maximum absolute atomic E-state index is 12.0. The van der Waals surface area contributed by atoms with Crippen molar-refractivity contribution in [1.29, 1.82) is 0 Å². The van der Waals surface area contributed by atoms with E-state index in [0.29, 0.717) is 29.1 Å². The molecule has 0 aliphatic carbocycles. The predicted octanol–water partition coefficient (Wildman–Crippen LogP) is 2.96. The largest absolute Gasteiger partial charge is 0.493 e. The third-order valence-electron chi connectivity index (χ3n) is 3.39. The van der Waals surface area contributed by atoms with Crippen molar-refractivity contribution in [3.05, 3.63) is 36.4 Å². The van der Waals surface area contributed by atoms with Crippen molar-refractivity contribution in [2.45, 2.75) is 20.3 Å². The fraction of sp³-hybridized carbons (Fsp3) is 0.389. The molecule has 134 valence electrons. The number of benzene rings is 1. The number of carbonyl (C=O) groups excluding carboxylic acids is 1. The fourth-order valence-electron chi connectivity index (χ4n) is 2.04. The topological polar surface area (TPSA) is 85.4 Å². The highest BCUT2D eigenvalue weighted by Gasteiger charge is 2.08. The molecule has 0 aliphatic heterocycles. The lowest BCUT2D eigenvalue weighted by molar-refractivity contribution is -0.118. The van der Waals surface area contributed by atoms with Crippen molar-refractivity contribution in [2.24, 2.45) is 5.92 Å². The van der Waals surface area contributed by atoms with Crippen LogP contribution in [0.15, 0.2) is 36.4 Å². The van der Waals surface area contributed by atoms with Gasteiger partial charge in [0, 0.05) is 6.54 Å². The van der Waals surface area contributed by atoms with Gasteiger partial charge in [-0.25, -0.2) is 0 Å². The molecule has 7 nitrogen and oxygen atoms in total. The third-order valence-corrected chi connectivity index (χ3v) is 3.39. The highest BCUT2D eigenvalue weighted by molar-refractivity contribution is 5.90. The molecule has 0 fully saturated rings. The molecule has 0 saturated carbocycles. The van der Waals surface area contributed by atoms with E-state index in [0.717, 1.165) is 13.0 Å². The van der Waals surface area contributed by atoms with Crippen LogP contribution >= 0.6 is 0 Å². The van der Waals surface area contributed by atoms with Crippen LogP contribution in [0.2, 0.25) is 0 Å². The second-order valence-electron chi connectivity index (χ2n) is 5.90. The lowest BCUT2D eigenvalue weighted by atomic mass is 10.1. The number of ether oxygens (including phenoxy) is 2. The molecule has 0 radical (unpaired) electrons. The third kappa shape index (κ3) is 6.29. The minimum atomic E-state index is -0.319. The molecule has 1 aromatic heterocycles. The van der Waals surface area contributed by atoms with Gasteiger partial charge in [0.2, 0.25) is 0 Å². The first kappa shape index (κ1) is 18.5. The highest BCUT2D eigenvalue weighted by Crippen LogP contribution is 2.25. The van der Waals surface area contributed by atoms with E-state index in [1.54, 1.807) is 31.4 Å². The van der Waals surface area contributed by atoms with Crippen LogP contribution < -0.4 is 20.1 Å². The Morgan fingerprint density at radius 3 is 2.40 bits per heavy atom. The second kappa shape index (κ2) is 9.46. The molecular weight excluding hydrogens is 320 g/mol. The monoisotopic (exact) mass is 344 g/mol. The van der Waals surface area contributed by atoms with Gasteiger partial charge in [-0.05, 0) is 36.6 Å². The Balaban J connectivity index is 1.80. The Kier molecular flexibility index (Phi) is 7.00. The Labute approximate surface area is 147 Å². The number of nitrogens with zero attached hydrogens (tertiary/aromatic N) is 2. The molecule has 7 heteroatoms. The molecule has 1 aromatic carbocycles. The van der Waals surface area contributed by atoms with Crippen molar-refractivity contribution >= 4 is 17.5 Å². The van der Waals surface area contributed by atoms with Crippen molar-refractivity contribution in [3.8, 4) is 11.5 Å². The number of hydrogen-bond donors (Lipinski definition) is 2.